The third-order valence-electron chi connectivity index (χ3n) is 0.535. The monoisotopic (exact) mass is 117 g/mol. The minimum Gasteiger partial charge on any atom is -0.389 e. The number of nitrogens with two attached hydrogens (primary N) is 1. The summed E-state index contributed by atoms with van der Waals surface area (Å²) in [6, 6.07) is 0. The summed E-state index contributed by atoms with van der Waals surface area (Å²) in [6.45, 7) is 1.32. The summed E-state index contributed by atoms with van der Waals surface area (Å²) in [6.07, 6.45) is 0. The van der Waals surface area contributed by atoms with Crippen molar-refractivity contribution in [2.45, 2.75) is 0 Å². The molecule has 0 saturated heterocycles. The summed E-state index contributed by atoms with van der Waals surface area (Å²) in [5, 5.41) is 10.6. The van der Waals surface area contributed by atoms with Crippen LogP contribution in [0.2, 0.25) is 0 Å². The second-order valence-electron chi connectivity index (χ2n) is 1.28. The first-order valence-electron chi connectivity index (χ1n) is 2.22. The highest BCUT2D eigenvalue weighted by Crippen LogP contribution is 1.60. The summed E-state index contributed by atoms with van der Waals surface area (Å²) in [5.41, 5.74) is 4.74. The van der Waals surface area contributed by atoms with Crippen LogP contribution in [0.1, 0.15) is 0 Å². The first-order chi connectivity index (χ1) is 3.77. The summed E-state index contributed by atoms with van der Waals surface area (Å²) in [5.74, 6) is -0.424. The molecule has 0 heterocycles. The van der Waals surface area contributed by atoms with Crippen LogP contribution in [0.25, 0.3) is 0 Å². The molecule has 0 aliphatic rings. The van der Waals surface area contributed by atoms with Crippen LogP contribution in [0, 0.1) is 6.61 Å². The summed E-state index contributed by atoms with van der Waals surface area (Å²) < 4.78 is 0. The second kappa shape index (κ2) is 4.55. The van der Waals surface area contributed by atoms with Crippen LogP contribution in [0.5, 0.6) is 0 Å². The summed E-state index contributed by atoms with van der Waals surface area (Å²) in [4.78, 5) is 9.94. The fourth-order valence-corrected chi connectivity index (χ4v) is 0.260. The second-order valence-corrected chi connectivity index (χ2v) is 1.28. The molecule has 4 heteroatoms. The van der Waals surface area contributed by atoms with E-state index >= 15 is 0 Å². The van der Waals surface area contributed by atoms with Gasteiger partial charge in [0.15, 0.2) is 0 Å². The van der Waals surface area contributed by atoms with Crippen LogP contribution in [0.3, 0.4) is 0 Å². The Morgan fingerprint density at radius 2 is 2.50 bits per heavy atom. The lowest BCUT2D eigenvalue weighted by Gasteiger charge is -1.94. The van der Waals surface area contributed by atoms with Gasteiger partial charge >= 0.3 is 0 Å². The number of carbonyl (C=O) groups excluding carboxylic acids is 1. The number of primary amides is 1. The topological polar surface area (TPSA) is 75.4 Å². The van der Waals surface area contributed by atoms with E-state index in [0.29, 0.717) is 6.54 Å². The number of aliphatic hydroxyl groups is 1. The summed E-state index contributed by atoms with van der Waals surface area (Å²) in [7, 11) is 0. The molecular weight excluding hydrogens is 108 g/mol. The Morgan fingerprint density at radius 3 is 2.88 bits per heavy atom. The molecule has 0 aliphatic carbocycles. The normalized spacial score (nSPS) is 9.12. The molecule has 0 atom stereocenters. The SMILES string of the molecule is NC(=O)CNC[CH]O. The third kappa shape index (κ3) is 5.39. The van der Waals surface area contributed by atoms with Crippen LogP contribution in [-0.4, -0.2) is 24.1 Å². The van der Waals surface area contributed by atoms with E-state index in [0.717, 1.165) is 6.61 Å². The molecule has 0 aromatic rings. The lowest BCUT2D eigenvalue weighted by Crippen LogP contribution is -2.29. The standard InChI is InChI=1S/C4H9N2O2/c5-4(8)3-6-1-2-7/h2,6-7H,1,3H2,(H2,5,8). The first kappa shape index (κ1) is 7.39. The highest BCUT2D eigenvalue weighted by atomic mass is 16.3. The largest absolute Gasteiger partial charge is 0.389 e. The zero-order chi connectivity index (χ0) is 6.41. The quantitative estimate of drug-likeness (QED) is 0.396. The minimum atomic E-state index is -0.424. The zero-order valence-corrected chi connectivity index (χ0v) is 4.42. The molecule has 0 bridgehead atoms. The molecule has 8 heavy (non-hydrogen) atoms. The Morgan fingerprint density at radius 1 is 1.88 bits per heavy atom. The van der Waals surface area contributed by atoms with Crippen LogP contribution in [0.15, 0.2) is 0 Å². The Bertz CT molecular complexity index is 74.4. The lowest BCUT2D eigenvalue weighted by molar-refractivity contribution is -0.117. The van der Waals surface area contributed by atoms with Gasteiger partial charge in [-0.15, -0.1) is 0 Å². The molecule has 47 valence electrons. The number of carbonyl (C=O) groups is 1. The van der Waals surface area contributed by atoms with Crippen molar-refractivity contribution in [2.75, 3.05) is 13.1 Å². The number of rotatable bonds is 4. The van der Waals surface area contributed by atoms with Crippen molar-refractivity contribution >= 4 is 5.91 Å². The lowest BCUT2D eigenvalue weighted by atomic mass is 10.6. The van der Waals surface area contributed by atoms with E-state index in [2.05, 4.69) is 5.32 Å². The molecule has 1 amide bonds. The van der Waals surface area contributed by atoms with Crippen molar-refractivity contribution in [2.24, 2.45) is 5.73 Å². The van der Waals surface area contributed by atoms with Crippen molar-refractivity contribution in [3.63, 3.8) is 0 Å². The molecule has 4 N–H and O–H groups in total. The Balaban J connectivity index is 2.82. The fourth-order valence-electron chi connectivity index (χ4n) is 0.260. The van der Waals surface area contributed by atoms with Gasteiger partial charge in [0.2, 0.25) is 5.91 Å². The van der Waals surface area contributed by atoms with Gasteiger partial charge in [0.05, 0.1) is 13.2 Å². The first-order valence-corrected chi connectivity index (χ1v) is 2.22. The van der Waals surface area contributed by atoms with Gasteiger partial charge < -0.3 is 16.2 Å². The van der Waals surface area contributed by atoms with Crippen LogP contribution in [-0.2, 0) is 4.79 Å². The van der Waals surface area contributed by atoms with E-state index < -0.39 is 5.91 Å². The Kier molecular flexibility index (Phi) is 4.20. The molecule has 0 saturated carbocycles. The number of amides is 1. The van der Waals surface area contributed by atoms with Crippen LogP contribution < -0.4 is 11.1 Å². The zero-order valence-electron chi connectivity index (χ0n) is 4.42. The smallest absolute Gasteiger partial charge is 0.231 e. The van der Waals surface area contributed by atoms with Gasteiger partial charge in [-0.2, -0.15) is 0 Å². The van der Waals surface area contributed by atoms with Gasteiger partial charge in [-0.25, -0.2) is 0 Å². The minimum absolute atomic E-state index is 0.108. The Labute approximate surface area is 47.7 Å². The maximum atomic E-state index is 9.94. The van der Waals surface area contributed by atoms with Crippen LogP contribution >= 0.6 is 0 Å². The van der Waals surface area contributed by atoms with Crippen molar-refractivity contribution < 1.29 is 9.90 Å². The molecule has 0 fully saturated rings. The number of hydrogen-bond donors (Lipinski definition) is 3. The van der Waals surface area contributed by atoms with E-state index in [-0.39, 0.29) is 6.54 Å². The number of nitrogens with one attached hydrogen (secondary N) is 1. The average Bonchev–Trinajstić information content (AvgIpc) is 1.66. The van der Waals surface area contributed by atoms with Gasteiger partial charge in [-0.1, -0.05) is 0 Å². The van der Waals surface area contributed by atoms with E-state index in [1.165, 1.54) is 0 Å². The maximum Gasteiger partial charge on any atom is 0.231 e. The number of aliphatic hydroxyl groups excluding tert-OH is 1. The number of hydrogen-bond acceptors (Lipinski definition) is 3. The van der Waals surface area contributed by atoms with Crippen LogP contribution in [0.4, 0.5) is 0 Å². The molecular formula is C4H9N2O2. The van der Waals surface area contributed by atoms with Gasteiger partial charge in [0.25, 0.3) is 0 Å². The average molecular weight is 117 g/mol. The van der Waals surface area contributed by atoms with Crippen molar-refractivity contribution in [1.29, 1.82) is 0 Å². The molecule has 0 spiro atoms. The van der Waals surface area contributed by atoms with Crippen molar-refractivity contribution in [3.8, 4) is 0 Å². The molecule has 0 aliphatic heterocycles. The Hall–Kier alpha value is -0.610. The molecule has 0 unspecified atom stereocenters. The maximum absolute atomic E-state index is 9.94. The van der Waals surface area contributed by atoms with Gasteiger partial charge in [-0.05, 0) is 0 Å². The van der Waals surface area contributed by atoms with E-state index in [1.807, 2.05) is 0 Å². The summed E-state index contributed by atoms with van der Waals surface area (Å²) >= 11 is 0. The molecule has 1 radical (unpaired) electrons. The van der Waals surface area contributed by atoms with Crippen molar-refractivity contribution in [1.82, 2.24) is 5.32 Å². The van der Waals surface area contributed by atoms with Gasteiger partial charge in [0, 0.05) is 6.54 Å². The molecule has 4 nitrogen and oxygen atoms in total. The third-order valence-corrected chi connectivity index (χ3v) is 0.535. The highest BCUT2D eigenvalue weighted by Gasteiger charge is 1.88. The predicted octanol–water partition coefficient (Wildman–Crippen LogP) is -1.40. The molecule has 0 aromatic carbocycles. The molecule has 0 rings (SSSR count). The van der Waals surface area contributed by atoms with Crippen molar-refractivity contribution in [3.05, 3.63) is 6.61 Å². The van der Waals surface area contributed by atoms with E-state index in [1.54, 1.807) is 0 Å². The van der Waals surface area contributed by atoms with Gasteiger partial charge in [-0.3, -0.25) is 4.79 Å². The fraction of sp³-hybridized carbons (Fsp3) is 0.500. The molecule has 0 aromatic heterocycles. The highest BCUT2D eigenvalue weighted by molar-refractivity contribution is 5.75. The predicted molar refractivity (Wildman–Crippen MR) is 28.3 cm³/mol. The van der Waals surface area contributed by atoms with E-state index in [4.69, 9.17) is 10.8 Å². The van der Waals surface area contributed by atoms with E-state index in [9.17, 15) is 4.79 Å². The van der Waals surface area contributed by atoms with Gasteiger partial charge in [0.1, 0.15) is 0 Å².